The average molecular weight is 225 g/mol. The SMILES string of the molecule is C1=c2cc[nH]c2=NC(NCc2ccccc2)C1. The molecule has 2 heterocycles. The van der Waals surface area contributed by atoms with Crippen molar-refractivity contribution in [3.05, 3.63) is 58.9 Å². The number of rotatable bonds is 3. The Kier molecular flexibility index (Phi) is 2.76. The number of hydrogen-bond acceptors (Lipinski definition) is 2. The second-order valence-electron chi connectivity index (χ2n) is 4.23. The number of aromatic nitrogens is 1. The van der Waals surface area contributed by atoms with Gasteiger partial charge in [-0.25, -0.2) is 4.99 Å². The van der Waals surface area contributed by atoms with Crippen LogP contribution in [0.1, 0.15) is 12.0 Å². The molecule has 2 aromatic rings. The second-order valence-corrected chi connectivity index (χ2v) is 4.23. The molecule has 1 aromatic heterocycles. The van der Waals surface area contributed by atoms with Crippen LogP contribution in [0.5, 0.6) is 0 Å². The van der Waals surface area contributed by atoms with Crippen molar-refractivity contribution in [2.75, 3.05) is 0 Å². The normalized spacial score (nSPS) is 18.0. The third-order valence-corrected chi connectivity index (χ3v) is 2.99. The van der Waals surface area contributed by atoms with Gasteiger partial charge in [0.05, 0.1) is 0 Å². The third-order valence-electron chi connectivity index (χ3n) is 2.99. The van der Waals surface area contributed by atoms with Crippen molar-refractivity contribution >= 4 is 6.08 Å². The summed E-state index contributed by atoms with van der Waals surface area (Å²) in [6.45, 7) is 0.860. The molecular formula is C14H15N3. The van der Waals surface area contributed by atoms with Crippen molar-refractivity contribution in [3.63, 3.8) is 0 Å². The highest BCUT2D eigenvalue weighted by atomic mass is 15.1. The molecule has 1 aromatic carbocycles. The van der Waals surface area contributed by atoms with Gasteiger partial charge in [0.1, 0.15) is 11.7 Å². The fraction of sp³-hybridized carbons (Fsp3) is 0.214. The number of benzene rings is 1. The highest BCUT2D eigenvalue weighted by Crippen LogP contribution is 2.02. The largest absolute Gasteiger partial charge is 0.346 e. The van der Waals surface area contributed by atoms with E-state index in [1.54, 1.807) is 0 Å². The molecule has 17 heavy (non-hydrogen) atoms. The van der Waals surface area contributed by atoms with Gasteiger partial charge in [0, 0.05) is 24.4 Å². The predicted octanol–water partition coefficient (Wildman–Crippen LogP) is 0.934. The Morgan fingerprint density at radius 2 is 2.12 bits per heavy atom. The summed E-state index contributed by atoms with van der Waals surface area (Å²) in [6, 6.07) is 12.5. The van der Waals surface area contributed by atoms with E-state index >= 15 is 0 Å². The van der Waals surface area contributed by atoms with Crippen LogP contribution in [0.2, 0.25) is 0 Å². The van der Waals surface area contributed by atoms with Gasteiger partial charge in [-0.1, -0.05) is 36.4 Å². The molecule has 0 spiro atoms. The Balaban J connectivity index is 1.69. The highest BCUT2D eigenvalue weighted by molar-refractivity contribution is 5.25. The molecule has 0 saturated heterocycles. The van der Waals surface area contributed by atoms with E-state index < -0.39 is 0 Å². The summed E-state index contributed by atoms with van der Waals surface area (Å²) in [5.41, 5.74) is 2.28. The quantitative estimate of drug-likeness (QED) is 0.801. The molecule has 0 radical (unpaired) electrons. The van der Waals surface area contributed by atoms with Crippen LogP contribution in [0.3, 0.4) is 0 Å². The molecule has 0 saturated carbocycles. The van der Waals surface area contributed by atoms with Gasteiger partial charge in [-0.2, -0.15) is 0 Å². The van der Waals surface area contributed by atoms with Crippen LogP contribution >= 0.6 is 0 Å². The monoisotopic (exact) mass is 225 g/mol. The zero-order valence-electron chi connectivity index (χ0n) is 9.56. The van der Waals surface area contributed by atoms with E-state index in [9.17, 15) is 0 Å². The van der Waals surface area contributed by atoms with Crippen molar-refractivity contribution in [1.29, 1.82) is 0 Å². The number of nitrogens with one attached hydrogen (secondary N) is 2. The Morgan fingerprint density at radius 3 is 3.00 bits per heavy atom. The standard InChI is InChI=1S/C14H15N3/c1-2-4-11(5-3-1)10-16-13-7-6-12-8-9-15-14(12)17-13/h1-6,8-9,13,16H,7,10H2,(H,15,17). The lowest BCUT2D eigenvalue weighted by atomic mass is 10.2. The fourth-order valence-electron chi connectivity index (χ4n) is 2.06. The smallest absolute Gasteiger partial charge is 0.133 e. The molecule has 86 valence electrons. The van der Waals surface area contributed by atoms with E-state index in [-0.39, 0.29) is 6.17 Å². The highest BCUT2D eigenvalue weighted by Gasteiger charge is 2.07. The lowest BCUT2D eigenvalue weighted by molar-refractivity contribution is 0.524. The summed E-state index contributed by atoms with van der Waals surface area (Å²) in [7, 11) is 0. The summed E-state index contributed by atoms with van der Waals surface area (Å²) >= 11 is 0. The molecule has 1 atom stereocenters. The molecule has 3 heteroatoms. The second kappa shape index (κ2) is 4.55. The van der Waals surface area contributed by atoms with Gasteiger partial charge in [0.25, 0.3) is 0 Å². The van der Waals surface area contributed by atoms with Crippen LogP contribution < -0.4 is 16.0 Å². The molecule has 1 aliphatic rings. The van der Waals surface area contributed by atoms with Crippen molar-refractivity contribution < 1.29 is 0 Å². The Hall–Kier alpha value is -1.87. The van der Waals surface area contributed by atoms with Crippen LogP contribution in [-0.2, 0) is 6.54 Å². The van der Waals surface area contributed by atoms with E-state index in [4.69, 9.17) is 0 Å². The molecule has 2 N–H and O–H groups in total. The topological polar surface area (TPSA) is 40.2 Å². The van der Waals surface area contributed by atoms with Crippen LogP contribution in [0.15, 0.2) is 47.6 Å². The minimum absolute atomic E-state index is 0.182. The van der Waals surface area contributed by atoms with Crippen LogP contribution in [0, 0.1) is 0 Å². The zero-order valence-corrected chi connectivity index (χ0v) is 9.56. The fourth-order valence-corrected chi connectivity index (χ4v) is 2.06. The molecule has 0 bridgehead atoms. The summed E-state index contributed by atoms with van der Waals surface area (Å²) in [5, 5.41) is 4.66. The molecule has 3 nitrogen and oxygen atoms in total. The maximum absolute atomic E-state index is 4.62. The van der Waals surface area contributed by atoms with E-state index in [1.807, 2.05) is 12.3 Å². The van der Waals surface area contributed by atoms with Gasteiger partial charge in [-0.15, -0.1) is 0 Å². The van der Waals surface area contributed by atoms with Crippen LogP contribution in [-0.4, -0.2) is 11.1 Å². The Morgan fingerprint density at radius 1 is 1.24 bits per heavy atom. The van der Waals surface area contributed by atoms with Gasteiger partial charge in [0.15, 0.2) is 0 Å². The lowest BCUT2D eigenvalue weighted by Crippen LogP contribution is -2.36. The minimum Gasteiger partial charge on any atom is -0.346 e. The van der Waals surface area contributed by atoms with Gasteiger partial charge in [-0.3, -0.25) is 5.32 Å². The Bertz CT molecular complexity index is 598. The molecule has 1 unspecified atom stereocenters. The van der Waals surface area contributed by atoms with Crippen molar-refractivity contribution in [3.8, 4) is 0 Å². The number of hydrogen-bond donors (Lipinski definition) is 2. The summed E-state index contributed by atoms with van der Waals surface area (Å²) in [4.78, 5) is 7.77. The summed E-state index contributed by atoms with van der Waals surface area (Å²) < 4.78 is 0. The summed E-state index contributed by atoms with van der Waals surface area (Å²) in [6.07, 6.45) is 5.30. The maximum atomic E-state index is 4.62. The third kappa shape index (κ3) is 2.29. The predicted molar refractivity (Wildman–Crippen MR) is 67.7 cm³/mol. The molecule has 0 fully saturated rings. The molecule has 1 aliphatic heterocycles. The molecule has 3 rings (SSSR count). The van der Waals surface area contributed by atoms with E-state index in [0.29, 0.717) is 0 Å². The summed E-state index contributed by atoms with van der Waals surface area (Å²) in [5.74, 6) is 0. The number of aromatic amines is 1. The zero-order chi connectivity index (χ0) is 11.5. The van der Waals surface area contributed by atoms with Gasteiger partial charge in [0.2, 0.25) is 0 Å². The number of H-pyrrole nitrogens is 1. The van der Waals surface area contributed by atoms with Gasteiger partial charge >= 0.3 is 0 Å². The van der Waals surface area contributed by atoms with Crippen molar-refractivity contribution in [2.24, 2.45) is 4.99 Å². The first-order chi connectivity index (χ1) is 8.42. The number of nitrogens with zero attached hydrogens (tertiary/aromatic N) is 1. The van der Waals surface area contributed by atoms with Crippen molar-refractivity contribution in [2.45, 2.75) is 19.1 Å². The van der Waals surface area contributed by atoms with Crippen LogP contribution in [0.25, 0.3) is 6.08 Å². The first-order valence-electron chi connectivity index (χ1n) is 5.90. The first kappa shape index (κ1) is 10.3. The van der Waals surface area contributed by atoms with Gasteiger partial charge < -0.3 is 4.98 Å². The van der Waals surface area contributed by atoms with Crippen molar-refractivity contribution in [1.82, 2.24) is 10.3 Å². The average Bonchev–Trinajstić information content (AvgIpc) is 2.85. The maximum Gasteiger partial charge on any atom is 0.133 e. The van der Waals surface area contributed by atoms with Crippen LogP contribution in [0.4, 0.5) is 0 Å². The van der Waals surface area contributed by atoms with E-state index in [0.717, 1.165) is 18.5 Å². The molecule has 0 amide bonds. The van der Waals surface area contributed by atoms with E-state index in [1.165, 1.54) is 10.8 Å². The number of fused-ring (bicyclic) bond motifs is 1. The molecule has 0 aliphatic carbocycles. The minimum atomic E-state index is 0.182. The molecular weight excluding hydrogens is 210 g/mol. The lowest BCUT2D eigenvalue weighted by Gasteiger charge is -2.14. The van der Waals surface area contributed by atoms with E-state index in [2.05, 4.69) is 51.7 Å². The Labute approximate surface area is 99.9 Å². The first-order valence-corrected chi connectivity index (χ1v) is 5.90. The van der Waals surface area contributed by atoms with Gasteiger partial charge in [-0.05, 0) is 11.6 Å².